The molecule has 1 aliphatic rings. The minimum absolute atomic E-state index is 0.0639. The number of hydrogen-bond donors (Lipinski definition) is 2. The Kier molecular flexibility index (Phi) is 3.71. The van der Waals surface area contributed by atoms with E-state index in [-0.39, 0.29) is 18.6 Å². The van der Waals surface area contributed by atoms with Crippen LogP contribution in [0, 0.1) is 11.3 Å². The normalized spacial score (nSPS) is 25.4. The molecule has 1 aliphatic heterocycles. The van der Waals surface area contributed by atoms with Crippen LogP contribution in [0.25, 0.3) is 0 Å². The maximum atomic E-state index is 9.12. The van der Waals surface area contributed by atoms with Gasteiger partial charge in [0.05, 0.1) is 13.2 Å². The van der Waals surface area contributed by atoms with Crippen LogP contribution in [0.2, 0.25) is 0 Å². The molecule has 3 heteroatoms. The fourth-order valence-electron chi connectivity index (χ4n) is 1.86. The Morgan fingerprint density at radius 3 is 2.38 bits per heavy atom. The number of hydrogen-bond acceptors (Lipinski definition) is 3. The topological polar surface area (TPSA) is 43.7 Å². The summed E-state index contributed by atoms with van der Waals surface area (Å²) in [7, 11) is 0. The molecule has 0 amide bonds. The summed E-state index contributed by atoms with van der Waals surface area (Å²) < 4.78 is 0. The van der Waals surface area contributed by atoms with E-state index in [1.807, 2.05) is 6.92 Å². The first-order valence-corrected chi connectivity index (χ1v) is 5.04. The van der Waals surface area contributed by atoms with E-state index in [1.165, 1.54) is 6.42 Å². The first-order chi connectivity index (χ1) is 6.09. The number of nitrogens with zero attached hydrogens (tertiary/aromatic N) is 1. The molecular weight excluding hydrogens is 166 g/mol. The molecular formula is C10H21NO2. The molecule has 1 heterocycles. The summed E-state index contributed by atoms with van der Waals surface area (Å²) in [5.41, 5.74) is -0.329. The van der Waals surface area contributed by atoms with Crippen molar-refractivity contribution in [1.82, 2.24) is 4.90 Å². The third kappa shape index (κ3) is 2.93. The van der Waals surface area contributed by atoms with Crippen molar-refractivity contribution >= 4 is 0 Å². The van der Waals surface area contributed by atoms with Crippen LogP contribution in [-0.4, -0.2) is 48.0 Å². The molecule has 1 atom stereocenters. The van der Waals surface area contributed by atoms with Crippen molar-refractivity contribution in [3.8, 4) is 0 Å². The lowest BCUT2D eigenvalue weighted by atomic mass is 9.92. The summed E-state index contributed by atoms with van der Waals surface area (Å²) in [5, 5.41) is 18.2. The summed E-state index contributed by atoms with van der Waals surface area (Å²) in [6.07, 6.45) is 1.24. The van der Waals surface area contributed by atoms with Gasteiger partial charge in [-0.05, 0) is 18.9 Å². The van der Waals surface area contributed by atoms with Gasteiger partial charge in [-0.25, -0.2) is 0 Å². The number of likely N-dealkylation sites (tertiary alicyclic amines) is 1. The van der Waals surface area contributed by atoms with Crippen LogP contribution >= 0.6 is 0 Å². The predicted molar refractivity (Wildman–Crippen MR) is 52.5 cm³/mol. The molecule has 0 saturated carbocycles. The monoisotopic (exact) mass is 187 g/mol. The molecule has 1 unspecified atom stereocenters. The quantitative estimate of drug-likeness (QED) is 0.666. The highest BCUT2D eigenvalue weighted by molar-refractivity contribution is 4.81. The summed E-state index contributed by atoms with van der Waals surface area (Å²) in [6.45, 7) is 7.32. The van der Waals surface area contributed by atoms with Gasteiger partial charge in [0, 0.05) is 18.5 Å². The SMILES string of the molecule is CC1CCN(CC(C)(CO)CO)C1. The van der Waals surface area contributed by atoms with E-state index in [1.54, 1.807) is 0 Å². The van der Waals surface area contributed by atoms with E-state index in [2.05, 4.69) is 11.8 Å². The van der Waals surface area contributed by atoms with E-state index >= 15 is 0 Å². The third-order valence-electron chi connectivity index (χ3n) is 2.88. The highest BCUT2D eigenvalue weighted by Gasteiger charge is 2.28. The highest BCUT2D eigenvalue weighted by Crippen LogP contribution is 2.22. The van der Waals surface area contributed by atoms with Gasteiger partial charge in [-0.1, -0.05) is 13.8 Å². The van der Waals surface area contributed by atoms with Crippen LogP contribution in [-0.2, 0) is 0 Å². The van der Waals surface area contributed by atoms with Crippen molar-refractivity contribution in [2.45, 2.75) is 20.3 Å². The van der Waals surface area contributed by atoms with Crippen molar-refractivity contribution < 1.29 is 10.2 Å². The van der Waals surface area contributed by atoms with E-state index in [4.69, 9.17) is 10.2 Å². The number of rotatable bonds is 4. The van der Waals surface area contributed by atoms with Gasteiger partial charge < -0.3 is 15.1 Å². The van der Waals surface area contributed by atoms with Gasteiger partial charge in [0.25, 0.3) is 0 Å². The van der Waals surface area contributed by atoms with E-state index in [0.717, 1.165) is 25.6 Å². The Labute approximate surface area is 80.4 Å². The van der Waals surface area contributed by atoms with Gasteiger partial charge in [0.2, 0.25) is 0 Å². The van der Waals surface area contributed by atoms with Crippen LogP contribution < -0.4 is 0 Å². The largest absolute Gasteiger partial charge is 0.396 e. The molecule has 0 aromatic carbocycles. The summed E-state index contributed by atoms with van der Waals surface area (Å²) >= 11 is 0. The minimum atomic E-state index is -0.329. The molecule has 2 N–H and O–H groups in total. The molecule has 0 aromatic rings. The van der Waals surface area contributed by atoms with E-state index in [0.29, 0.717) is 0 Å². The lowest BCUT2D eigenvalue weighted by Crippen LogP contribution is -2.39. The first kappa shape index (κ1) is 11.0. The number of aliphatic hydroxyl groups excluding tert-OH is 2. The summed E-state index contributed by atoms with van der Waals surface area (Å²) in [4.78, 5) is 2.33. The zero-order valence-electron chi connectivity index (χ0n) is 8.66. The molecule has 1 saturated heterocycles. The van der Waals surface area contributed by atoms with Gasteiger partial charge in [0.15, 0.2) is 0 Å². The van der Waals surface area contributed by atoms with Gasteiger partial charge in [-0.15, -0.1) is 0 Å². The van der Waals surface area contributed by atoms with Crippen molar-refractivity contribution in [3.63, 3.8) is 0 Å². The van der Waals surface area contributed by atoms with Crippen molar-refractivity contribution in [3.05, 3.63) is 0 Å². The van der Waals surface area contributed by atoms with Gasteiger partial charge in [0.1, 0.15) is 0 Å². The fraction of sp³-hybridized carbons (Fsp3) is 1.00. The minimum Gasteiger partial charge on any atom is -0.396 e. The Morgan fingerprint density at radius 2 is 2.00 bits per heavy atom. The van der Waals surface area contributed by atoms with Crippen LogP contribution in [0.1, 0.15) is 20.3 Å². The molecule has 1 fully saturated rings. The van der Waals surface area contributed by atoms with Crippen LogP contribution in [0.15, 0.2) is 0 Å². The van der Waals surface area contributed by atoms with E-state index in [9.17, 15) is 0 Å². The Balaban J connectivity index is 2.38. The molecule has 1 rings (SSSR count). The van der Waals surface area contributed by atoms with Crippen molar-refractivity contribution in [1.29, 1.82) is 0 Å². The van der Waals surface area contributed by atoms with Gasteiger partial charge in [-0.2, -0.15) is 0 Å². The maximum Gasteiger partial charge on any atom is 0.0519 e. The molecule has 78 valence electrons. The number of aliphatic hydroxyl groups is 2. The van der Waals surface area contributed by atoms with Gasteiger partial charge in [-0.3, -0.25) is 0 Å². The van der Waals surface area contributed by atoms with Crippen LogP contribution in [0.5, 0.6) is 0 Å². The zero-order valence-corrected chi connectivity index (χ0v) is 8.66. The maximum absolute atomic E-state index is 9.12. The second-order valence-corrected chi connectivity index (χ2v) is 4.76. The molecule has 3 nitrogen and oxygen atoms in total. The molecule has 0 aromatic heterocycles. The van der Waals surface area contributed by atoms with Gasteiger partial charge >= 0.3 is 0 Å². The van der Waals surface area contributed by atoms with Crippen LogP contribution in [0.4, 0.5) is 0 Å². The lowest BCUT2D eigenvalue weighted by molar-refractivity contribution is 0.0407. The smallest absolute Gasteiger partial charge is 0.0519 e. The molecule has 0 radical (unpaired) electrons. The summed E-state index contributed by atoms with van der Waals surface area (Å²) in [5.74, 6) is 0.765. The molecule has 0 aliphatic carbocycles. The van der Waals surface area contributed by atoms with Crippen LogP contribution in [0.3, 0.4) is 0 Å². The molecule has 0 spiro atoms. The Morgan fingerprint density at radius 1 is 1.38 bits per heavy atom. The summed E-state index contributed by atoms with van der Waals surface area (Å²) in [6, 6.07) is 0. The molecule has 13 heavy (non-hydrogen) atoms. The average Bonchev–Trinajstić information content (AvgIpc) is 2.51. The lowest BCUT2D eigenvalue weighted by Gasteiger charge is -2.30. The second-order valence-electron chi connectivity index (χ2n) is 4.76. The Hall–Kier alpha value is -0.120. The first-order valence-electron chi connectivity index (χ1n) is 5.04. The third-order valence-corrected chi connectivity index (χ3v) is 2.88. The van der Waals surface area contributed by atoms with Crippen molar-refractivity contribution in [2.75, 3.05) is 32.8 Å². The fourth-order valence-corrected chi connectivity index (χ4v) is 1.86. The molecule has 0 bridgehead atoms. The highest BCUT2D eigenvalue weighted by atomic mass is 16.3. The second kappa shape index (κ2) is 4.40. The Bertz CT molecular complexity index is 157. The zero-order chi connectivity index (χ0) is 9.90. The average molecular weight is 187 g/mol. The van der Waals surface area contributed by atoms with Crippen molar-refractivity contribution in [2.24, 2.45) is 11.3 Å². The standard InChI is InChI=1S/C10H21NO2/c1-9-3-4-11(5-9)6-10(2,7-12)8-13/h9,12-13H,3-8H2,1-2H3. The van der Waals surface area contributed by atoms with E-state index < -0.39 is 0 Å². The predicted octanol–water partition coefficient (Wildman–Crippen LogP) is 0.319.